The number of carbonyl (C=O) groups excluding carboxylic acids is 1. The second kappa shape index (κ2) is 4.35. The quantitative estimate of drug-likeness (QED) is 0.790. The first-order chi connectivity index (χ1) is 7.43. The van der Waals surface area contributed by atoms with Crippen molar-refractivity contribution < 1.29 is 19.4 Å². The van der Waals surface area contributed by atoms with Crippen LogP contribution in [0.4, 0.5) is 0 Å². The Balaban J connectivity index is 3.34. The van der Waals surface area contributed by atoms with Crippen LogP contribution in [0.2, 0.25) is 0 Å². The van der Waals surface area contributed by atoms with Crippen LogP contribution >= 0.6 is 0 Å². The van der Waals surface area contributed by atoms with Crippen LogP contribution in [0.5, 0.6) is 5.75 Å². The van der Waals surface area contributed by atoms with E-state index in [1.807, 2.05) is 0 Å². The van der Waals surface area contributed by atoms with Crippen molar-refractivity contribution in [1.29, 1.82) is 0 Å². The fraction of sp³-hybridized carbons (Fsp3) is 0.333. The maximum Gasteiger partial charge on any atom is 0.313 e. The summed E-state index contributed by atoms with van der Waals surface area (Å²) in [6.45, 7) is 3.18. The van der Waals surface area contributed by atoms with E-state index in [0.717, 1.165) is 0 Å². The molecule has 0 aliphatic heterocycles. The molecule has 1 aromatic carbocycles. The van der Waals surface area contributed by atoms with Crippen molar-refractivity contribution in [2.45, 2.75) is 19.3 Å². The molecule has 1 rings (SSSR count). The molecule has 0 spiro atoms. The Labute approximate surface area is 93.9 Å². The Hall–Kier alpha value is -1.84. The number of methoxy groups -OCH3 is 1. The fourth-order valence-corrected chi connectivity index (χ4v) is 1.41. The largest absolute Gasteiger partial charge is 0.496 e. The first kappa shape index (κ1) is 12.2. The Kier molecular flexibility index (Phi) is 3.32. The summed E-state index contributed by atoms with van der Waals surface area (Å²) in [6, 6.07) is 4.72. The molecule has 0 bridgehead atoms. The summed E-state index contributed by atoms with van der Waals surface area (Å²) in [7, 11) is 1.45. The lowest BCUT2D eigenvalue weighted by Gasteiger charge is -2.22. The molecule has 0 heterocycles. The van der Waals surface area contributed by atoms with Gasteiger partial charge in [0, 0.05) is 11.1 Å². The van der Waals surface area contributed by atoms with E-state index in [0.29, 0.717) is 23.2 Å². The van der Waals surface area contributed by atoms with E-state index in [1.165, 1.54) is 13.2 Å². The molecule has 0 aliphatic carbocycles. The van der Waals surface area contributed by atoms with Crippen molar-refractivity contribution in [1.82, 2.24) is 0 Å². The molecule has 0 fully saturated rings. The van der Waals surface area contributed by atoms with E-state index in [4.69, 9.17) is 9.84 Å². The first-order valence-corrected chi connectivity index (χ1v) is 4.80. The Bertz CT molecular complexity index is 421. The summed E-state index contributed by atoms with van der Waals surface area (Å²) in [5.74, 6) is -0.526. The van der Waals surface area contributed by atoms with Gasteiger partial charge in [0.25, 0.3) is 0 Å². The molecule has 4 heteroatoms. The molecule has 86 valence electrons. The average Bonchev–Trinajstić information content (AvgIpc) is 2.27. The number of carboxylic acid groups (broad SMARTS) is 1. The van der Waals surface area contributed by atoms with Crippen molar-refractivity contribution in [2.24, 2.45) is 0 Å². The number of hydrogen-bond donors (Lipinski definition) is 1. The van der Waals surface area contributed by atoms with Crippen molar-refractivity contribution in [3.05, 3.63) is 29.3 Å². The van der Waals surface area contributed by atoms with Gasteiger partial charge in [-0.1, -0.05) is 12.1 Å². The molecular weight excluding hydrogens is 208 g/mol. The van der Waals surface area contributed by atoms with Crippen LogP contribution in [-0.2, 0) is 10.2 Å². The third kappa shape index (κ3) is 2.05. The fourth-order valence-electron chi connectivity index (χ4n) is 1.41. The number of carboxylic acids is 1. The second-order valence-electron chi connectivity index (χ2n) is 4.01. The van der Waals surface area contributed by atoms with Crippen LogP contribution in [-0.4, -0.2) is 24.5 Å². The third-order valence-electron chi connectivity index (χ3n) is 2.57. The van der Waals surface area contributed by atoms with Crippen molar-refractivity contribution in [3.8, 4) is 5.75 Å². The van der Waals surface area contributed by atoms with Gasteiger partial charge in [0.1, 0.15) is 12.0 Å². The zero-order chi connectivity index (χ0) is 12.3. The molecule has 16 heavy (non-hydrogen) atoms. The highest BCUT2D eigenvalue weighted by atomic mass is 16.5. The van der Waals surface area contributed by atoms with Gasteiger partial charge >= 0.3 is 5.97 Å². The standard InChI is InChI=1S/C12H14O4/c1-12(2,11(14)15)9-5-4-8(7-13)6-10(9)16-3/h4-7H,1-3H3,(H,14,15). The van der Waals surface area contributed by atoms with E-state index >= 15 is 0 Å². The SMILES string of the molecule is COc1cc(C=O)ccc1C(C)(C)C(=O)O. The molecule has 0 amide bonds. The van der Waals surface area contributed by atoms with Crippen LogP contribution in [0.1, 0.15) is 29.8 Å². The predicted octanol–water partition coefficient (Wildman–Crippen LogP) is 1.87. The maximum atomic E-state index is 11.1. The molecule has 1 N–H and O–H groups in total. The minimum atomic E-state index is -1.05. The van der Waals surface area contributed by atoms with Gasteiger partial charge in [-0.2, -0.15) is 0 Å². The lowest BCUT2D eigenvalue weighted by molar-refractivity contribution is -0.142. The molecular formula is C12H14O4. The van der Waals surface area contributed by atoms with Crippen molar-refractivity contribution >= 4 is 12.3 Å². The second-order valence-corrected chi connectivity index (χ2v) is 4.01. The maximum absolute atomic E-state index is 11.1. The highest BCUT2D eigenvalue weighted by Gasteiger charge is 2.32. The normalized spacial score (nSPS) is 10.9. The average molecular weight is 222 g/mol. The zero-order valence-electron chi connectivity index (χ0n) is 9.48. The molecule has 0 aliphatic rings. The van der Waals surface area contributed by atoms with E-state index < -0.39 is 11.4 Å². The third-order valence-corrected chi connectivity index (χ3v) is 2.57. The highest BCUT2D eigenvalue weighted by Crippen LogP contribution is 2.32. The summed E-state index contributed by atoms with van der Waals surface area (Å²) >= 11 is 0. The molecule has 0 unspecified atom stereocenters. The highest BCUT2D eigenvalue weighted by molar-refractivity contribution is 5.83. The van der Waals surface area contributed by atoms with Gasteiger partial charge in [0.05, 0.1) is 12.5 Å². The van der Waals surface area contributed by atoms with Crippen LogP contribution in [0.25, 0.3) is 0 Å². The lowest BCUT2D eigenvalue weighted by atomic mass is 9.84. The number of rotatable bonds is 4. The monoisotopic (exact) mass is 222 g/mol. The Morgan fingerprint density at radius 3 is 2.50 bits per heavy atom. The topological polar surface area (TPSA) is 63.6 Å². The summed E-state index contributed by atoms with van der Waals surface area (Å²) < 4.78 is 5.10. The van der Waals surface area contributed by atoms with E-state index in [1.54, 1.807) is 26.0 Å². The van der Waals surface area contributed by atoms with Crippen molar-refractivity contribution in [2.75, 3.05) is 7.11 Å². The number of ether oxygens (including phenoxy) is 1. The van der Waals surface area contributed by atoms with E-state index in [2.05, 4.69) is 0 Å². The number of aldehydes is 1. The summed E-state index contributed by atoms with van der Waals surface area (Å²) in [5, 5.41) is 9.12. The summed E-state index contributed by atoms with van der Waals surface area (Å²) in [5.41, 5.74) is -0.0397. The lowest BCUT2D eigenvalue weighted by Crippen LogP contribution is -2.29. The first-order valence-electron chi connectivity index (χ1n) is 4.80. The van der Waals surface area contributed by atoms with Gasteiger partial charge in [-0.15, -0.1) is 0 Å². The van der Waals surface area contributed by atoms with Crippen molar-refractivity contribution in [3.63, 3.8) is 0 Å². The van der Waals surface area contributed by atoms with Crippen LogP contribution in [0.15, 0.2) is 18.2 Å². The van der Waals surface area contributed by atoms with Crippen LogP contribution in [0.3, 0.4) is 0 Å². The minimum Gasteiger partial charge on any atom is -0.496 e. The number of aliphatic carboxylic acids is 1. The van der Waals surface area contributed by atoms with E-state index in [9.17, 15) is 9.59 Å². The number of hydrogen-bond acceptors (Lipinski definition) is 3. The van der Waals surface area contributed by atoms with Gasteiger partial charge < -0.3 is 9.84 Å². The molecule has 0 saturated carbocycles. The van der Waals surface area contributed by atoms with Gasteiger partial charge in [-0.05, 0) is 19.9 Å². The Morgan fingerprint density at radius 2 is 2.06 bits per heavy atom. The smallest absolute Gasteiger partial charge is 0.313 e. The van der Waals surface area contributed by atoms with Gasteiger partial charge in [-0.25, -0.2) is 0 Å². The molecule has 1 aromatic rings. The zero-order valence-corrected chi connectivity index (χ0v) is 9.48. The number of benzene rings is 1. The van der Waals surface area contributed by atoms with E-state index in [-0.39, 0.29) is 0 Å². The molecule has 0 atom stereocenters. The minimum absolute atomic E-state index is 0.414. The molecule has 0 aromatic heterocycles. The van der Waals surface area contributed by atoms with Gasteiger partial charge in [0.2, 0.25) is 0 Å². The summed E-state index contributed by atoms with van der Waals surface area (Å²) in [4.78, 5) is 21.7. The molecule has 4 nitrogen and oxygen atoms in total. The van der Waals surface area contributed by atoms with Gasteiger partial charge in [-0.3, -0.25) is 9.59 Å². The Morgan fingerprint density at radius 1 is 1.44 bits per heavy atom. The van der Waals surface area contributed by atoms with Crippen LogP contribution in [0, 0.1) is 0 Å². The predicted molar refractivity (Wildman–Crippen MR) is 59.0 cm³/mol. The van der Waals surface area contributed by atoms with Gasteiger partial charge in [0.15, 0.2) is 0 Å². The number of carbonyl (C=O) groups is 2. The van der Waals surface area contributed by atoms with Crippen LogP contribution < -0.4 is 4.74 Å². The molecule has 0 radical (unpaired) electrons. The summed E-state index contributed by atoms with van der Waals surface area (Å²) in [6.07, 6.45) is 0.695. The molecule has 0 saturated heterocycles.